The Morgan fingerprint density at radius 2 is 1.92 bits per heavy atom. The van der Waals surface area contributed by atoms with Gasteiger partial charge in [0.1, 0.15) is 5.52 Å². The van der Waals surface area contributed by atoms with Crippen molar-refractivity contribution in [1.82, 2.24) is 19.6 Å². The van der Waals surface area contributed by atoms with Crippen molar-refractivity contribution in [2.45, 2.75) is 6.54 Å². The van der Waals surface area contributed by atoms with E-state index in [0.717, 1.165) is 5.56 Å². The molecule has 0 amide bonds. The predicted octanol–water partition coefficient (Wildman–Crippen LogP) is 2.24. The molecule has 0 saturated carbocycles. The van der Waals surface area contributed by atoms with Crippen LogP contribution in [0.2, 0.25) is 0 Å². The Morgan fingerprint density at radius 3 is 2.64 bits per heavy atom. The van der Waals surface area contributed by atoms with Gasteiger partial charge in [0.2, 0.25) is 0 Å². The molecule has 124 valence electrons. The average Bonchev–Trinajstić information content (AvgIpc) is 3.04. The van der Waals surface area contributed by atoms with E-state index in [1.165, 1.54) is 16.7 Å². The Hall–Kier alpha value is -3.55. The zero-order valence-electron chi connectivity index (χ0n) is 13.3. The van der Waals surface area contributed by atoms with Crippen molar-refractivity contribution in [3.8, 4) is 0 Å². The van der Waals surface area contributed by atoms with E-state index in [0.29, 0.717) is 23.0 Å². The molecule has 0 bridgehead atoms. The van der Waals surface area contributed by atoms with E-state index in [2.05, 4.69) is 10.3 Å². The maximum Gasteiger partial charge on any atom is 0.280 e. The largest absolute Gasteiger partial charge is 0.309 e. The van der Waals surface area contributed by atoms with Crippen LogP contribution in [0.1, 0.15) is 5.56 Å². The molecule has 0 unspecified atom stereocenters. The van der Waals surface area contributed by atoms with Crippen LogP contribution in [-0.4, -0.2) is 24.5 Å². The summed E-state index contributed by atoms with van der Waals surface area (Å²) in [6, 6.07) is 14.1. The predicted molar refractivity (Wildman–Crippen MR) is 92.5 cm³/mol. The molecule has 8 heteroatoms. The number of hydrogen-bond acceptors (Lipinski definition) is 5. The maximum atomic E-state index is 12.5. The molecular formula is C17H13N5O3. The van der Waals surface area contributed by atoms with E-state index in [9.17, 15) is 14.9 Å². The highest BCUT2D eigenvalue weighted by Gasteiger charge is 2.18. The fourth-order valence-corrected chi connectivity index (χ4v) is 2.98. The number of fused-ring (bicyclic) bond motifs is 3. The first-order valence-electron chi connectivity index (χ1n) is 7.60. The summed E-state index contributed by atoms with van der Waals surface area (Å²) in [4.78, 5) is 23.2. The van der Waals surface area contributed by atoms with Crippen molar-refractivity contribution in [3.05, 3.63) is 74.6 Å². The van der Waals surface area contributed by atoms with Crippen molar-refractivity contribution in [2.75, 3.05) is 0 Å². The minimum atomic E-state index is -0.457. The van der Waals surface area contributed by atoms with Crippen molar-refractivity contribution in [3.63, 3.8) is 0 Å². The van der Waals surface area contributed by atoms with Gasteiger partial charge in [0.15, 0.2) is 5.52 Å². The lowest BCUT2D eigenvalue weighted by Crippen LogP contribution is -2.18. The number of pyridine rings is 1. The summed E-state index contributed by atoms with van der Waals surface area (Å²) >= 11 is 0. The number of hydrogen-bond donors (Lipinski definition) is 0. The van der Waals surface area contributed by atoms with Crippen LogP contribution < -0.4 is 5.56 Å². The second kappa shape index (κ2) is 5.52. The molecule has 0 fully saturated rings. The lowest BCUT2D eigenvalue weighted by molar-refractivity contribution is -0.384. The first kappa shape index (κ1) is 15.0. The van der Waals surface area contributed by atoms with E-state index in [1.54, 1.807) is 17.8 Å². The molecule has 2 heterocycles. The Kier molecular flexibility index (Phi) is 3.31. The zero-order valence-corrected chi connectivity index (χ0v) is 13.3. The summed E-state index contributed by atoms with van der Waals surface area (Å²) in [6.45, 7) is 0.419. The molecule has 0 spiro atoms. The summed E-state index contributed by atoms with van der Waals surface area (Å²) in [5, 5.41) is 19.8. The van der Waals surface area contributed by atoms with Crippen molar-refractivity contribution in [1.29, 1.82) is 0 Å². The number of aryl methyl sites for hydroxylation is 1. The highest BCUT2D eigenvalue weighted by molar-refractivity contribution is 6.02. The second-order valence-electron chi connectivity index (χ2n) is 5.75. The molecule has 2 aromatic heterocycles. The third kappa shape index (κ3) is 2.35. The minimum absolute atomic E-state index is 0.0417. The number of nitrogens with zero attached hydrogens (tertiary/aromatic N) is 5. The van der Waals surface area contributed by atoms with Gasteiger partial charge in [0, 0.05) is 24.6 Å². The van der Waals surface area contributed by atoms with Gasteiger partial charge in [-0.1, -0.05) is 35.5 Å². The van der Waals surface area contributed by atoms with Crippen LogP contribution in [0.15, 0.2) is 53.3 Å². The van der Waals surface area contributed by atoms with Crippen LogP contribution in [0, 0.1) is 10.1 Å². The summed E-state index contributed by atoms with van der Waals surface area (Å²) < 4.78 is 3.04. The van der Waals surface area contributed by atoms with Gasteiger partial charge in [-0.2, -0.15) is 0 Å². The quantitative estimate of drug-likeness (QED) is 0.422. The fourth-order valence-electron chi connectivity index (χ4n) is 2.98. The molecule has 0 radical (unpaired) electrons. The maximum absolute atomic E-state index is 12.5. The topological polar surface area (TPSA) is 95.8 Å². The summed E-state index contributed by atoms with van der Waals surface area (Å²) in [5.74, 6) is 0. The molecule has 0 N–H and O–H groups in total. The molecule has 0 aliphatic rings. The molecule has 4 aromatic rings. The molecule has 0 atom stereocenters. The van der Waals surface area contributed by atoms with Crippen molar-refractivity contribution >= 4 is 27.6 Å². The molecule has 2 aromatic carbocycles. The second-order valence-corrected chi connectivity index (χ2v) is 5.75. The molecule has 4 rings (SSSR count). The van der Waals surface area contributed by atoms with Crippen LogP contribution in [0.25, 0.3) is 21.9 Å². The van der Waals surface area contributed by atoms with Crippen LogP contribution in [0.3, 0.4) is 0 Å². The van der Waals surface area contributed by atoms with Crippen LogP contribution in [-0.2, 0) is 13.6 Å². The Bertz CT molecular complexity index is 1180. The van der Waals surface area contributed by atoms with E-state index in [1.807, 2.05) is 30.3 Å². The van der Waals surface area contributed by atoms with E-state index in [-0.39, 0.29) is 16.8 Å². The number of non-ortho nitro benzene ring substituents is 1. The molecule has 0 saturated heterocycles. The van der Waals surface area contributed by atoms with Crippen LogP contribution >= 0.6 is 0 Å². The SMILES string of the molecule is Cn1c(=O)c2nnn(Cc3ccccc3)c2c2cc([N+](=O)[O-])ccc21. The Labute approximate surface area is 141 Å². The van der Waals surface area contributed by atoms with Gasteiger partial charge in [-0.3, -0.25) is 14.9 Å². The average molecular weight is 335 g/mol. The van der Waals surface area contributed by atoms with E-state index in [4.69, 9.17) is 0 Å². The molecular weight excluding hydrogens is 322 g/mol. The number of nitro groups is 1. The molecule has 0 aliphatic heterocycles. The van der Waals surface area contributed by atoms with Gasteiger partial charge >= 0.3 is 0 Å². The fraction of sp³-hybridized carbons (Fsp3) is 0.118. The lowest BCUT2D eigenvalue weighted by atomic mass is 10.1. The number of aromatic nitrogens is 4. The Balaban J connectivity index is 2.05. The van der Waals surface area contributed by atoms with Gasteiger partial charge in [-0.25, -0.2) is 4.68 Å². The zero-order chi connectivity index (χ0) is 17.6. The van der Waals surface area contributed by atoms with Crippen LogP contribution in [0.5, 0.6) is 0 Å². The number of rotatable bonds is 3. The monoisotopic (exact) mass is 335 g/mol. The number of nitro benzene ring substituents is 1. The van der Waals surface area contributed by atoms with Crippen molar-refractivity contribution in [2.24, 2.45) is 7.05 Å². The van der Waals surface area contributed by atoms with Gasteiger partial charge < -0.3 is 4.57 Å². The van der Waals surface area contributed by atoms with Gasteiger partial charge in [-0.15, -0.1) is 5.10 Å². The van der Waals surface area contributed by atoms with E-state index >= 15 is 0 Å². The molecule has 8 nitrogen and oxygen atoms in total. The number of benzene rings is 2. The third-order valence-corrected chi connectivity index (χ3v) is 4.22. The van der Waals surface area contributed by atoms with Crippen molar-refractivity contribution < 1.29 is 4.92 Å². The highest BCUT2D eigenvalue weighted by atomic mass is 16.6. The first-order chi connectivity index (χ1) is 12.1. The summed E-state index contributed by atoms with van der Waals surface area (Å²) in [6.07, 6.45) is 0. The van der Waals surface area contributed by atoms with E-state index < -0.39 is 4.92 Å². The molecule has 0 aliphatic carbocycles. The van der Waals surface area contributed by atoms with Gasteiger partial charge in [0.05, 0.1) is 17.0 Å². The van der Waals surface area contributed by atoms with Gasteiger partial charge in [0.25, 0.3) is 11.2 Å². The highest BCUT2D eigenvalue weighted by Crippen LogP contribution is 2.26. The smallest absolute Gasteiger partial charge is 0.280 e. The standard InChI is InChI=1S/C17H13N5O3/c1-20-14-8-7-12(22(24)25)9-13(14)16-15(17(20)23)18-19-21(16)10-11-5-3-2-4-6-11/h2-9H,10H2,1H3. The molecule has 25 heavy (non-hydrogen) atoms. The minimum Gasteiger partial charge on any atom is -0.309 e. The summed E-state index contributed by atoms with van der Waals surface area (Å²) in [7, 11) is 1.62. The lowest BCUT2D eigenvalue weighted by Gasteiger charge is -2.08. The van der Waals surface area contributed by atoms with Crippen LogP contribution in [0.4, 0.5) is 5.69 Å². The summed E-state index contributed by atoms with van der Waals surface area (Å²) in [5.41, 5.74) is 1.97. The first-order valence-corrected chi connectivity index (χ1v) is 7.60. The third-order valence-electron chi connectivity index (χ3n) is 4.22. The Morgan fingerprint density at radius 1 is 1.16 bits per heavy atom. The van der Waals surface area contributed by atoms with Gasteiger partial charge in [-0.05, 0) is 11.6 Å². The normalized spacial score (nSPS) is 11.2.